The van der Waals surface area contributed by atoms with Crippen LogP contribution in [-0.2, 0) is 6.42 Å². The third-order valence-electron chi connectivity index (χ3n) is 7.35. The summed E-state index contributed by atoms with van der Waals surface area (Å²) in [5.41, 5.74) is 12.2. The van der Waals surface area contributed by atoms with Crippen LogP contribution in [0.4, 0.5) is 0 Å². The quantitative estimate of drug-likeness (QED) is 0.0864. The topological polar surface area (TPSA) is 49.9 Å². The number of nitrogens with one attached hydrogen (secondary N) is 1. The van der Waals surface area contributed by atoms with Gasteiger partial charge in [-0.05, 0) is 95.0 Å². The minimum Gasteiger partial charge on any atom is -0.325 e. The van der Waals surface area contributed by atoms with Gasteiger partial charge in [0, 0.05) is 18.2 Å². The van der Waals surface area contributed by atoms with Crippen molar-refractivity contribution in [1.82, 2.24) is 0 Å². The van der Waals surface area contributed by atoms with Crippen molar-refractivity contribution in [3.63, 3.8) is 0 Å². The number of allylic oxidation sites excluding steroid dienone is 14. The first-order chi connectivity index (χ1) is 20.8. The highest BCUT2D eigenvalue weighted by molar-refractivity contribution is 6.13. The monoisotopic (exact) mass is 568 g/mol. The molecule has 222 valence electrons. The van der Waals surface area contributed by atoms with Crippen molar-refractivity contribution in [2.24, 2.45) is 11.7 Å². The first kappa shape index (κ1) is 33.2. The molecule has 0 aliphatic carbocycles. The second-order valence-electron chi connectivity index (χ2n) is 11.1. The van der Waals surface area contributed by atoms with E-state index in [-0.39, 0.29) is 12.0 Å². The number of benzene rings is 3. The van der Waals surface area contributed by atoms with Gasteiger partial charge in [-0.25, -0.2) is 0 Å². The van der Waals surface area contributed by atoms with Crippen LogP contribution in [0.15, 0.2) is 139 Å². The van der Waals surface area contributed by atoms with Gasteiger partial charge in [0.05, 0.1) is 0 Å². The molecule has 0 spiro atoms. The molecule has 2 unspecified atom stereocenters. The molecule has 0 aliphatic rings. The maximum Gasteiger partial charge on any atom is 0.0351 e. The van der Waals surface area contributed by atoms with Crippen LogP contribution in [0.3, 0.4) is 0 Å². The molecule has 0 aromatic heterocycles. The van der Waals surface area contributed by atoms with Crippen molar-refractivity contribution in [3.8, 4) is 0 Å². The van der Waals surface area contributed by atoms with Crippen molar-refractivity contribution in [1.29, 1.82) is 5.41 Å². The molecule has 0 saturated heterocycles. The molecule has 0 aliphatic heterocycles. The fourth-order valence-electron chi connectivity index (χ4n) is 5.24. The summed E-state index contributed by atoms with van der Waals surface area (Å²) in [7, 11) is 0. The number of hydrogen-bond acceptors (Lipinski definition) is 2. The first-order valence-electron chi connectivity index (χ1n) is 15.4. The van der Waals surface area contributed by atoms with Gasteiger partial charge < -0.3 is 11.1 Å². The first-order valence-corrected chi connectivity index (χ1v) is 15.4. The lowest BCUT2D eigenvalue weighted by molar-refractivity contribution is 0.922. The van der Waals surface area contributed by atoms with Crippen LogP contribution in [0, 0.1) is 11.3 Å². The number of hydrogen-bond donors (Lipinski definition) is 2. The molecule has 3 aromatic rings. The number of nitrogens with two attached hydrogens (primary N) is 1. The van der Waals surface area contributed by atoms with Crippen LogP contribution in [0.2, 0.25) is 0 Å². The van der Waals surface area contributed by atoms with Crippen LogP contribution in [-0.4, -0.2) is 11.8 Å². The Morgan fingerprint density at radius 1 is 0.860 bits per heavy atom. The van der Waals surface area contributed by atoms with Crippen molar-refractivity contribution in [2.45, 2.75) is 59.9 Å². The van der Waals surface area contributed by atoms with E-state index in [0.29, 0.717) is 12.1 Å². The predicted octanol–water partition coefficient (Wildman–Crippen LogP) is 11.0. The lowest BCUT2D eigenvalue weighted by atomic mass is 9.86. The van der Waals surface area contributed by atoms with Crippen molar-refractivity contribution in [2.75, 3.05) is 0 Å². The van der Waals surface area contributed by atoms with E-state index in [4.69, 9.17) is 11.1 Å². The van der Waals surface area contributed by atoms with E-state index in [0.717, 1.165) is 24.0 Å². The van der Waals surface area contributed by atoms with Gasteiger partial charge in [0.2, 0.25) is 0 Å². The standard InChI is InChI=1S/C41H48N2/c1-7-9-11-12-21-36-37-22-13-15-24-39(37)41(40-25-16-14-23-38(36)40)34(19-10-8-2)29-30(3)28-32(5)31(4)26-27-35(43)20-17-18-33(6)42/h7,9-19,22-30,33,43H,4,8,20-21,42H2,1-3,5-6H3/b9-7-,12-11-,18-17-,19-10-,27-26-,32-28+,34-29+,43-35?. The molecule has 2 nitrogen and oxygen atoms in total. The third-order valence-corrected chi connectivity index (χ3v) is 7.35. The minimum absolute atomic E-state index is 0.00260. The smallest absolute Gasteiger partial charge is 0.0351 e. The molecule has 2 atom stereocenters. The predicted molar refractivity (Wildman–Crippen MR) is 193 cm³/mol. The molecule has 3 rings (SSSR count). The van der Waals surface area contributed by atoms with Crippen LogP contribution in [0.5, 0.6) is 0 Å². The molecule has 0 bridgehead atoms. The molecule has 3 N–H and O–H groups in total. The summed E-state index contributed by atoms with van der Waals surface area (Å²) in [5, 5.41) is 13.4. The highest BCUT2D eigenvalue weighted by atomic mass is 14.6. The van der Waals surface area contributed by atoms with Crippen LogP contribution < -0.4 is 5.73 Å². The summed E-state index contributed by atoms with van der Waals surface area (Å²) in [5.74, 6) is 0.177. The van der Waals surface area contributed by atoms with Crippen LogP contribution in [0.1, 0.15) is 58.6 Å². The van der Waals surface area contributed by atoms with Crippen LogP contribution in [0.25, 0.3) is 27.1 Å². The van der Waals surface area contributed by atoms with E-state index in [1.807, 2.05) is 38.2 Å². The Morgan fingerprint density at radius 2 is 1.49 bits per heavy atom. The number of rotatable bonds is 14. The average molecular weight is 569 g/mol. The zero-order valence-corrected chi connectivity index (χ0v) is 26.6. The van der Waals surface area contributed by atoms with Crippen molar-refractivity contribution < 1.29 is 0 Å². The maximum atomic E-state index is 8.20. The molecule has 0 fully saturated rings. The Labute approximate surface area is 259 Å². The summed E-state index contributed by atoms with van der Waals surface area (Å²) >= 11 is 0. The summed E-state index contributed by atoms with van der Waals surface area (Å²) < 4.78 is 0. The van der Waals surface area contributed by atoms with Gasteiger partial charge in [0.15, 0.2) is 0 Å². The fraction of sp³-hybridized carbons (Fsp3) is 0.244. The Bertz CT molecular complexity index is 1580. The highest BCUT2D eigenvalue weighted by Crippen LogP contribution is 2.38. The SMILES string of the molecule is C=C(/C=C\C(=N)C/C=C\C(C)N)/C(C)=C/C(C)/C=C(\C=C/CC)c1c2ccccc2c(C/C=C\C=C/C)c2ccccc12. The fourth-order valence-corrected chi connectivity index (χ4v) is 5.24. The molecule has 3 aromatic carbocycles. The minimum atomic E-state index is 0.00260. The van der Waals surface area contributed by atoms with E-state index in [1.54, 1.807) is 0 Å². The molecule has 43 heavy (non-hydrogen) atoms. The maximum absolute atomic E-state index is 8.20. The molecule has 0 radical (unpaired) electrons. The molecule has 0 amide bonds. The van der Waals surface area contributed by atoms with E-state index < -0.39 is 0 Å². The largest absolute Gasteiger partial charge is 0.325 e. The van der Waals surface area contributed by atoms with E-state index in [1.165, 1.54) is 38.2 Å². The number of fused-ring (bicyclic) bond motifs is 2. The third kappa shape index (κ3) is 9.63. The normalized spacial score (nSPS) is 14.8. The highest BCUT2D eigenvalue weighted by Gasteiger charge is 2.15. The lowest BCUT2D eigenvalue weighted by Crippen LogP contribution is -2.10. The second-order valence-corrected chi connectivity index (χ2v) is 11.1. The second kappa shape index (κ2) is 17.0. The zero-order valence-electron chi connectivity index (χ0n) is 26.6. The summed E-state index contributed by atoms with van der Waals surface area (Å²) in [6.07, 6.45) is 27.7. The zero-order chi connectivity index (χ0) is 31.2. The van der Waals surface area contributed by atoms with Gasteiger partial charge in [0.25, 0.3) is 0 Å². The molecule has 0 heterocycles. The summed E-state index contributed by atoms with van der Waals surface area (Å²) in [6, 6.07) is 17.6. The van der Waals surface area contributed by atoms with Gasteiger partial charge in [-0.3, -0.25) is 0 Å². The Hall–Kier alpha value is -4.27. The average Bonchev–Trinajstić information content (AvgIpc) is 2.99. The Morgan fingerprint density at radius 3 is 2.07 bits per heavy atom. The van der Waals surface area contributed by atoms with E-state index in [9.17, 15) is 0 Å². The van der Waals surface area contributed by atoms with Gasteiger partial charge in [-0.15, -0.1) is 0 Å². The Kier molecular flexibility index (Phi) is 13.1. The van der Waals surface area contributed by atoms with Gasteiger partial charge in [-0.2, -0.15) is 0 Å². The lowest BCUT2D eigenvalue weighted by Gasteiger charge is -2.18. The Balaban J connectivity index is 2.05. The molecular weight excluding hydrogens is 520 g/mol. The van der Waals surface area contributed by atoms with Gasteiger partial charge in [0.1, 0.15) is 0 Å². The van der Waals surface area contributed by atoms with Crippen LogP contribution >= 0.6 is 0 Å². The molecule has 0 saturated carbocycles. The van der Waals surface area contributed by atoms with E-state index >= 15 is 0 Å². The van der Waals surface area contributed by atoms with Gasteiger partial charge >= 0.3 is 0 Å². The molecule has 2 heteroatoms. The van der Waals surface area contributed by atoms with Crippen molar-refractivity contribution in [3.05, 3.63) is 150 Å². The van der Waals surface area contributed by atoms with Crippen molar-refractivity contribution >= 4 is 32.8 Å². The van der Waals surface area contributed by atoms with E-state index in [2.05, 4.69) is 124 Å². The summed E-state index contributed by atoms with van der Waals surface area (Å²) in [4.78, 5) is 0. The molecular formula is C41H48N2. The van der Waals surface area contributed by atoms with Gasteiger partial charge in [-0.1, -0.05) is 136 Å². The summed E-state index contributed by atoms with van der Waals surface area (Å²) in [6.45, 7) is 14.7.